The molecule has 3 N–H and O–H groups in total. The second-order valence-electron chi connectivity index (χ2n) is 5.98. The number of hydrogen-bond donors (Lipinski definition) is 2. The van der Waals surface area contributed by atoms with Gasteiger partial charge in [0.15, 0.2) is 5.69 Å². The Kier molecular flexibility index (Phi) is 4.84. The largest absolute Gasteiger partial charge is 0.369 e. The van der Waals surface area contributed by atoms with E-state index in [1.165, 1.54) is 4.68 Å². The average Bonchev–Trinajstić information content (AvgIpc) is 2.93. The smallest absolute Gasteiger partial charge is 0.269 e. The number of ether oxygens (including phenoxy) is 1. The number of aromatic nitrogens is 3. The molecule has 8 heteroatoms. The Morgan fingerprint density at radius 2 is 2.29 bits per heavy atom. The lowest BCUT2D eigenvalue weighted by atomic mass is 10.1. The highest BCUT2D eigenvalue weighted by Crippen LogP contribution is 2.29. The van der Waals surface area contributed by atoms with Crippen molar-refractivity contribution in [3.63, 3.8) is 0 Å². The maximum Gasteiger partial charge on any atom is 0.269 e. The Bertz CT molecular complexity index is 736. The fraction of sp³-hybridized carbons (Fsp3) is 0.438. The van der Waals surface area contributed by atoms with Gasteiger partial charge in [-0.05, 0) is 18.1 Å². The van der Waals surface area contributed by atoms with Gasteiger partial charge in [-0.3, -0.25) is 9.78 Å². The SMILES string of the molecule is CC(C)c1nn(-c2ccc([C@@H]3CNCCO3)nc2)c(C(N)=O)c1Cl. The third kappa shape index (κ3) is 3.15. The summed E-state index contributed by atoms with van der Waals surface area (Å²) in [6.45, 7) is 6.15. The summed E-state index contributed by atoms with van der Waals surface area (Å²) in [7, 11) is 0. The molecule has 1 saturated heterocycles. The number of rotatable bonds is 4. The van der Waals surface area contributed by atoms with Crippen molar-refractivity contribution < 1.29 is 9.53 Å². The van der Waals surface area contributed by atoms with E-state index < -0.39 is 5.91 Å². The molecule has 1 atom stereocenters. The molecule has 0 unspecified atom stereocenters. The van der Waals surface area contributed by atoms with E-state index >= 15 is 0 Å². The zero-order valence-electron chi connectivity index (χ0n) is 13.6. The van der Waals surface area contributed by atoms with Crippen LogP contribution in [-0.4, -0.2) is 40.4 Å². The molecule has 1 amide bonds. The normalized spacial score (nSPS) is 18.1. The molecule has 3 rings (SSSR count). The first-order valence-electron chi connectivity index (χ1n) is 7.86. The summed E-state index contributed by atoms with van der Waals surface area (Å²) in [6.07, 6.45) is 1.57. The van der Waals surface area contributed by atoms with Crippen LogP contribution >= 0.6 is 11.6 Å². The summed E-state index contributed by atoms with van der Waals surface area (Å²) in [5.41, 5.74) is 7.74. The summed E-state index contributed by atoms with van der Waals surface area (Å²) in [5, 5.41) is 8.00. The fourth-order valence-electron chi connectivity index (χ4n) is 2.65. The molecule has 0 spiro atoms. The standard InChI is InChI=1S/C16H20ClN5O2/c1-9(2)14-13(17)15(16(18)23)22(21-14)10-3-4-11(20-7-10)12-8-19-5-6-24-12/h3-4,7,9,12,19H,5-6,8H2,1-2H3,(H2,18,23)/t12-/m0/s1. The number of primary amides is 1. The number of hydrogen-bond acceptors (Lipinski definition) is 5. The van der Waals surface area contributed by atoms with E-state index in [1.54, 1.807) is 6.20 Å². The van der Waals surface area contributed by atoms with Crippen molar-refractivity contribution in [2.45, 2.75) is 25.9 Å². The van der Waals surface area contributed by atoms with Crippen molar-refractivity contribution in [2.75, 3.05) is 19.7 Å². The van der Waals surface area contributed by atoms with Crippen LogP contribution in [0.3, 0.4) is 0 Å². The lowest BCUT2D eigenvalue weighted by Gasteiger charge is -2.23. The number of amides is 1. The molecule has 24 heavy (non-hydrogen) atoms. The summed E-state index contributed by atoms with van der Waals surface area (Å²) in [6, 6.07) is 3.70. The Morgan fingerprint density at radius 1 is 1.50 bits per heavy atom. The van der Waals surface area contributed by atoms with Crippen LogP contribution in [-0.2, 0) is 4.74 Å². The average molecular weight is 350 g/mol. The minimum atomic E-state index is -0.622. The minimum absolute atomic E-state index is 0.0733. The van der Waals surface area contributed by atoms with Crippen LogP contribution in [0.15, 0.2) is 18.3 Å². The van der Waals surface area contributed by atoms with Gasteiger partial charge in [0.2, 0.25) is 0 Å². The van der Waals surface area contributed by atoms with Crippen molar-refractivity contribution in [3.05, 3.63) is 40.4 Å². The number of carbonyl (C=O) groups excluding carboxylic acids is 1. The maximum atomic E-state index is 11.8. The number of nitrogens with zero attached hydrogens (tertiary/aromatic N) is 3. The van der Waals surface area contributed by atoms with Crippen molar-refractivity contribution >= 4 is 17.5 Å². The van der Waals surface area contributed by atoms with E-state index in [0.717, 1.165) is 18.8 Å². The van der Waals surface area contributed by atoms with Crippen molar-refractivity contribution in [1.29, 1.82) is 0 Å². The molecule has 128 valence electrons. The van der Waals surface area contributed by atoms with Gasteiger partial charge in [0.05, 0.1) is 34.9 Å². The number of morpholine rings is 1. The predicted molar refractivity (Wildman–Crippen MR) is 90.5 cm³/mol. The van der Waals surface area contributed by atoms with E-state index in [9.17, 15) is 4.79 Å². The fourth-order valence-corrected chi connectivity index (χ4v) is 3.08. The van der Waals surface area contributed by atoms with Gasteiger partial charge in [-0.2, -0.15) is 5.10 Å². The number of halogens is 1. The highest BCUT2D eigenvalue weighted by molar-refractivity contribution is 6.34. The van der Waals surface area contributed by atoms with E-state index in [0.29, 0.717) is 23.0 Å². The summed E-state index contributed by atoms with van der Waals surface area (Å²) in [5.74, 6) is -0.547. The minimum Gasteiger partial charge on any atom is -0.369 e. The van der Waals surface area contributed by atoms with Crippen LogP contribution < -0.4 is 11.1 Å². The van der Waals surface area contributed by atoms with E-state index in [2.05, 4.69) is 15.4 Å². The number of carbonyl (C=O) groups is 1. The van der Waals surface area contributed by atoms with Gasteiger partial charge >= 0.3 is 0 Å². The van der Waals surface area contributed by atoms with E-state index in [-0.39, 0.29) is 17.7 Å². The Labute approximate surface area is 145 Å². The Hall–Kier alpha value is -1.96. The molecular weight excluding hydrogens is 330 g/mol. The van der Waals surface area contributed by atoms with Crippen LogP contribution in [0.1, 0.15) is 47.7 Å². The highest BCUT2D eigenvalue weighted by atomic mass is 35.5. The summed E-state index contributed by atoms with van der Waals surface area (Å²) >= 11 is 6.29. The van der Waals surface area contributed by atoms with E-state index in [1.807, 2.05) is 26.0 Å². The molecule has 0 saturated carbocycles. The molecule has 7 nitrogen and oxygen atoms in total. The monoisotopic (exact) mass is 349 g/mol. The molecule has 1 aliphatic rings. The lowest BCUT2D eigenvalue weighted by molar-refractivity contribution is 0.0250. The molecule has 1 fully saturated rings. The first-order chi connectivity index (χ1) is 11.5. The molecule has 1 aliphatic heterocycles. The molecule has 2 aromatic rings. The van der Waals surface area contributed by atoms with Crippen molar-refractivity contribution in [2.24, 2.45) is 5.73 Å². The predicted octanol–water partition coefficient (Wildman–Crippen LogP) is 1.80. The first-order valence-corrected chi connectivity index (χ1v) is 8.23. The van der Waals surface area contributed by atoms with Crippen LogP contribution in [0, 0.1) is 0 Å². The zero-order chi connectivity index (χ0) is 17.3. The van der Waals surface area contributed by atoms with Gasteiger partial charge in [-0.25, -0.2) is 4.68 Å². The third-order valence-electron chi connectivity index (χ3n) is 3.91. The second-order valence-corrected chi connectivity index (χ2v) is 6.36. The number of nitrogens with one attached hydrogen (secondary N) is 1. The quantitative estimate of drug-likeness (QED) is 0.877. The molecule has 2 aromatic heterocycles. The van der Waals surface area contributed by atoms with Gasteiger partial charge in [-0.15, -0.1) is 0 Å². The van der Waals surface area contributed by atoms with Gasteiger partial charge in [0.1, 0.15) is 6.10 Å². The van der Waals surface area contributed by atoms with Crippen LogP contribution in [0.5, 0.6) is 0 Å². The molecular formula is C16H20ClN5O2. The highest BCUT2D eigenvalue weighted by Gasteiger charge is 2.24. The maximum absolute atomic E-state index is 11.8. The summed E-state index contributed by atoms with van der Waals surface area (Å²) in [4.78, 5) is 16.2. The second kappa shape index (κ2) is 6.88. The molecule has 3 heterocycles. The van der Waals surface area contributed by atoms with E-state index in [4.69, 9.17) is 22.1 Å². The van der Waals surface area contributed by atoms with Crippen LogP contribution in [0.25, 0.3) is 5.69 Å². The Morgan fingerprint density at radius 3 is 2.83 bits per heavy atom. The lowest BCUT2D eigenvalue weighted by Crippen LogP contribution is -2.33. The van der Waals surface area contributed by atoms with Crippen LogP contribution in [0.2, 0.25) is 5.02 Å². The van der Waals surface area contributed by atoms with Gasteiger partial charge < -0.3 is 15.8 Å². The summed E-state index contributed by atoms with van der Waals surface area (Å²) < 4.78 is 7.14. The topological polar surface area (TPSA) is 95.1 Å². The van der Waals surface area contributed by atoms with Crippen molar-refractivity contribution in [1.82, 2.24) is 20.1 Å². The van der Waals surface area contributed by atoms with Gasteiger partial charge in [-0.1, -0.05) is 25.4 Å². The first kappa shape index (κ1) is 16.9. The number of pyridine rings is 1. The number of nitrogens with two attached hydrogens (primary N) is 1. The molecule has 0 aliphatic carbocycles. The Balaban J connectivity index is 1.96. The van der Waals surface area contributed by atoms with Crippen LogP contribution in [0.4, 0.5) is 0 Å². The molecule has 0 aromatic carbocycles. The van der Waals surface area contributed by atoms with Crippen molar-refractivity contribution in [3.8, 4) is 5.69 Å². The molecule has 0 bridgehead atoms. The zero-order valence-corrected chi connectivity index (χ0v) is 14.4. The van der Waals surface area contributed by atoms with Gasteiger partial charge in [0, 0.05) is 13.1 Å². The molecule has 0 radical (unpaired) electrons. The van der Waals surface area contributed by atoms with Gasteiger partial charge in [0.25, 0.3) is 5.91 Å². The third-order valence-corrected chi connectivity index (χ3v) is 4.28.